The first-order chi connectivity index (χ1) is 23.9. The Kier molecular flexibility index (Phi) is 8.41. The van der Waals surface area contributed by atoms with Crippen molar-refractivity contribution in [3.63, 3.8) is 0 Å². The molecule has 0 aromatic carbocycles. The van der Waals surface area contributed by atoms with Crippen LogP contribution in [0.3, 0.4) is 0 Å². The van der Waals surface area contributed by atoms with Gasteiger partial charge < -0.3 is 28.8 Å². The van der Waals surface area contributed by atoms with Crippen molar-refractivity contribution in [1.29, 1.82) is 0 Å². The molecule has 1 N–H and O–H groups in total. The topological polar surface area (TPSA) is 103 Å². The van der Waals surface area contributed by atoms with Gasteiger partial charge in [-0.2, -0.15) is 26.3 Å². The molecule has 8 fully saturated rings. The molecule has 10 nitrogen and oxygen atoms in total. The summed E-state index contributed by atoms with van der Waals surface area (Å²) >= 11 is 0. The number of fused-ring (bicyclic) bond motifs is 4. The zero-order valence-electron chi connectivity index (χ0n) is 28.7. The summed E-state index contributed by atoms with van der Waals surface area (Å²) in [6, 6.07) is 0. The molecule has 2 aliphatic carbocycles. The normalized spacial score (nSPS) is 46.5. The number of hydrogen-bond acceptors (Lipinski definition) is 10. The summed E-state index contributed by atoms with van der Waals surface area (Å²) in [4.78, 5) is 23.2. The molecule has 0 aromatic rings. The van der Waals surface area contributed by atoms with Gasteiger partial charge in [-0.05, 0) is 64.2 Å². The fourth-order valence-electron chi connectivity index (χ4n) is 10.3. The van der Waals surface area contributed by atoms with Crippen molar-refractivity contribution < 1.29 is 74.7 Å². The molecule has 4 bridgehead atoms. The molecule has 16 heteroatoms. The van der Waals surface area contributed by atoms with Crippen LogP contribution >= 0.6 is 0 Å². The summed E-state index contributed by atoms with van der Waals surface area (Å²) in [6.45, 7) is 6.14. The number of allylic oxidation sites excluding steroid dienone is 2. The lowest BCUT2D eigenvalue weighted by molar-refractivity contribution is -0.558. The lowest BCUT2D eigenvalue weighted by atomic mass is 9.59. The van der Waals surface area contributed by atoms with Crippen LogP contribution in [0.1, 0.15) is 79.1 Å². The first kappa shape index (κ1) is 35.9. The molecule has 8 aliphatic heterocycles. The Morgan fingerprint density at radius 3 is 1.80 bits per heavy atom. The van der Waals surface area contributed by atoms with Crippen LogP contribution < -0.4 is 0 Å². The van der Waals surface area contributed by atoms with Crippen molar-refractivity contribution in [3.05, 3.63) is 22.7 Å². The highest BCUT2D eigenvalue weighted by atomic mass is 19.4. The molecule has 1 unspecified atom stereocenters. The van der Waals surface area contributed by atoms with E-state index in [0.717, 1.165) is 0 Å². The Hall–Kier alpha value is -2.10. The number of ether oxygens (including phenoxy) is 5. The summed E-state index contributed by atoms with van der Waals surface area (Å²) in [5, 5.41) is 11.3. The van der Waals surface area contributed by atoms with E-state index in [1.54, 1.807) is 13.8 Å². The Balaban J connectivity index is 1.06. The minimum absolute atomic E-state index is 0.0436. The summed E-state index contributed by atoms with van der Waals surface area (Å²) in [6.07, 6.45) is -11.0. The molecule has 10 rings (SSSR count). The highest BCUT2D eigenvalue weighted by Crippen LogP contribution is 2.63. The van der Waals surface area contributed by atoms with Gasteiger partial charge in [0.15, 0.2) is 11.2 Å². The smallest absolute Gasteiger partial charge is 0.449 e. The number of aliphatic hydroxyl groups is 1. The Labute approximate surface area is 290 Å². The lowest BCUT2D eigenvalue weighted by Crippen LogP contribution is -2.68. The number of alkyl halides is 6. The summed E-state index contributed by atoms with van der Waals surface area (Å²) in [5.74, 6) is -2.44. The number of hydrogen-bond donors (Lipinski definition) is 1. The van der Waals surface area contributed by atoms with Gasteiger partial charge in [0, 0.05) is 47.7 Å². The van der Waals surface area contributed by atoms with Gasteiger partial charge in [0.25, 0.3) is 0 Å². The molecular formula is C35H42F6O10. The standard InChI is InChI=1S/C35H42F6O10/c1-17-7-9-22-19(26(34(36,37)38)44-28-32(22)20(17)11-13-30(3,46-28)48-50-32)16-43-15-5-6-24(42)25-23-10-8-18(2)21-12-14-31(4)47-29(33(21,23)51-49-31)45-27(25)35(39,40)41/h17-18,20-24,28-29,42H,7-16H2,1-4H3/t17-,18-,20+,21+,22+,23+,24?,28-,29-,30-,31-,32-,33-/m1/s1. The summed E-state index contributed by atoms with van der Waals surface area (Å²) in [7, 11) is 0. The van der Waals surface area contributed by atoms with E-state index in [2.05, 4.69) is 11.8 Å². The number of aliphatic hydroxyl groups excluding tert-OH is 1. The monoisotopic (exact) mass is 736 g/mol. The maximum absolute atomic E-state index is 14.6. The van der Waals surface area contributed by atoms with Gasteiger partial charge in [0.05, 0.1) is 6.61 Å². The summed E-state index contributed by atoms with van der Waals surface area (Å²) < 4.78 is 116. The molecule has 2 spiro atoms. The molecule has 0 radical (unpaired) electrons. The first-order valence-corrected chi connectivity index (χ1v) is 17.7. The van der Waals surface area contributed by atoms with Gasteiger partial charge in [0.2, 0.25) is 35.7 Å². The van der Waals surface area contributed by atoms with Crippen molar-refractivity contribution >= 4 is 0 Å². The second-order valence-corrected chi connectivity index (χ2v) is 15.8. The highest BCUT2D eigenvalue weighted by Gasteiger charge is 2.72. The zero-order valence-corrected chi connectivity index (χ0v) is 28.7. The van der Waals surface area contributed by atoms with Crippen molar-refractivity contribution in [2.75, 3.05) is 13.2 Å². The van der Waals surface area contributed by atoms with Gasteiger partial charge in [0.1, 0.15) is 12.7 Å². The second kappa shape index (κ2) is 11.9. The van der Waals surface area contributed by atoms with E-state index in [-0.39, 0.29) is 35.7 Å². The van der Waals surface area contributed by atoms with Gasteiger partial charge in [-0.15, -0.1) is 0 Å². The molecule has 284 valence electrons. The number of halogens is 6. The van der Waals surface area contributed by atoms with E-state index in [1.807, 2.05) is 13.8 Å². The Morgan fingerprint density at radius 1 is 0.745 bits per heavy atom. The maximum atomic E-state index is 14.6. The molecule has 0 amide bonds. The third-order valence-electron chi connectivity index (χ3n) is 12.7. The van der Waals surface area contributed by atoms with Gasteiger partial charge in [-0.25, -0.2) is 19.6 Å². The fraction of sp³-hybridized carbons (Fsp3) is 0.829. The van der Waals surface area contributed by atoms with Crippen molar-refractivity contribution in [2.24, 2.45) is 35.5 Å². The minimum atomic E-state index is -5.00. The quantitative estimate of drug-likeness (QED) is 0.149. The average Bonchev–Trinajstić information content (AvgIpc) is 3.43. The maximum Gasteiger partial charge on any atom is 0.449 e. The van der Waals surface area contributed by atoms with Crippen LogP contribution in [0.5, 0.6) is 0 Å². The van der Waals surface area contributed by atoms with Gasteiger partial charge in [-0.1, -0.05) is 25.7 Å². The molecule has 10 aliphatic rings. The van der Waals surface area contributed by atoms with E-state index in [9.17, 15) is 31.4 Å². The van der Waals surface area contributed by atoms with E-state index < -0.39 is 96.0 Å². The SMILES string of the molecule is C[C@@H]1CC[C@H]2C(COCC#CC(O)C3=C(C(F)(F)F)O[C@@H]4O[C@@]5(C)CC[C@H]6[C@H](C)CC[C@@H]3[C@@]46OO5)=C(C(F)(F)F)O[C@@H]3O[C@@]4(C)CC[C@@H]1[C@]32OO4. The zero-order chi connectivity index (χ0) is 36.4. The second-order valence-electron chi connectivity index (χ2n) is 15.8. The van der Waals surface area contributed by atoms with Crippen molar-refractivity contribution in [3.8, 4) is 11.8 Å². The molecule has 13 atom stereocenters. The minimum Gasteiger partial charge on any atom is -0.456 e. The molecule has 6 saturated heterocycles. The van der Waals surface area contributed by atoms with Crippen LogP contribution in [0, 0.1) is 47.3 Å². The summed E-state index contributed by atoms with van der Waals surface area (Å²) in [5.41, 5.74) is -3.46. The van der Waals surface area contributed by atoms with Crippen LogP contribution in [-0.4, -0.2) is 72.1 Å². The Morgan fingerprint density at radius 2 is 1.25 bits per heavy atom. The van der Waals surface area contributed by atoms with Crippen molar-refractivity contribution in [1.82, 2.24) is 0 Å². The molecule has 0 aromatic heterocycles. The molecule has 8 heterocycles. The van der Waals surface area contributed by atoms with Gasteiger partial charge in [-0.3, -0.25) is 0 Å². The lowest BCUT2D eigenvalue weighted by Gasteiger charge is -2.57. The van der Waals surface area contributed by atoms with Crippen molar-refractivity contribution in [2.45, 2.75) is 133 Å². The van der Waals surface area contributed by atoms with Gasteiger partial charge >= 0.3 is 12.4 Å². The van der Waals surface area contributed by atoms with Crippen LogP contribution in [0.2, 0.25) is 0 Å². The van der Waals surface area contributed by atoms with E-state index in [1.165, 1.54) is 0 Å². The predicted molar refractivity (Wildman–Crippen MR) is 159 cm³/mol. The van der Waals surface area contributed by atoms with E-state index in [4.69, 9.17) is 43.2 Å². The molecule has 2 saturated carbocycles. The highest BCUT2D eigenvalue weighted by molar-refractivity contribution is 5.35. The van der Waals surface area contributed by atoms with Crippen LogP contribution in [0.4, 0.5) is 26.3 Å². The van der Waals surface area contributed by atoms with Crippen LogP contribution in [0.25, 0.3) is 0 Å². The van der Waals surface area contributed by atoms with E-state index in [0.29, 0.717) is 44.9 Å². The Bertz CT molecular complexity index is 1550. The predicted octanol–water partition coefficient (Wildman–Crippen LogP) is 6.49. The molecule has 51 heavy (non-hydrogen) atoms. The fourth-order valence-corrected chi connectivity index (χ4v) is 10.3. The number of rotatable bonds is 4. The largest absolute Gasteiger partial charge is 0.456 e. The van der Waals surface area contributed by atoms with Crippen LogP contribution in [-0.2, 0) is 43.2 Å². The van der Waals surface area contributed by atoms with E-state index >= 15 is 0 Å². The third kappa shape index (κ3) is 5.46. The van der Waals surface area contributed by atoms with Crippen LogP contribution in [0.15, 0.2) is 22.7 Å². The third-order valence-corrected chi connectivity index (χ3v) is 12.7. The average molecular weight is 737 g/mol. The first-order valence-electron chi connectivity index (χ1n) is 17.7. The molecular weight excluding hydrogens is 694 g/mol.